The highest BCUT2D eigenvalue weighted by atomic mass is 16.5. The quantitative estimate of drug-likeness (QED) is 0.653. The van der Waals surface area contributed by atoms with Gasteiger partial charge in [0.25, 0.3) is 0 Å². The molecule has 154 valence electrons. The largest absolute Gasteiger partial charge is 0.507 e. The predicted octanol–water partition coefficient (Wildman–Crippen LogP) is 5.71. The van der Waals surface area contributed by atoms with Gasteiger partial charge in [-0.25, -0.2) is 4.79 Å². The molecule has 0 saturated heterocycles. The number of aromatic hydroxyl groups is 1. The molecule has 0 radical (unpaired) electrons. The van der Waals surface area contributed by atoms with E-state index in [-0.39, 0.29) is 17.2 Å². The van der Waals surface area contributed by atoms with Crippen molar-refractivity contribution in [3.05, 3.63) is 75.0 Å². The van der Waals surface area contributed by atoms with Gasteiger partial charge in [0.15, 0.2) is 0 Å². The summed E-state index contributed by atoms with van der Waals surface area (Å²) in [5.74, 6) is 1.94. The fourth-order valence-electron chi connectivity index (χ4n) is 4.44. The second-order valence-corrected chi connectivity index (χ2v) is 8.75. The number of hydrogen-bond acceptors (Lipinski definition) is 4. The summed E-state index contributed by atoms with van der Waals surface area (Å²) < 4.78 is 11.9. The van der Waals surface area contributed by atoms with E-state index in [1.54, 1.807) is 6.07 Å². The van der Waals surface area contributed by atoms with Crippen molar-refractivity contribution in [2.24, 2.45) is 5.92 Å². The van der Waals surface area contributed by atoms with Gasteiger partial charge in [-0.1, -0.05) is 49.6 Å². The summed E-state index contributed by atoms with van der Waals surface area (Å²) in [5.41, 5.74) is 1.44. The number of allylic oxidation sites excluding steroid dienone is 1. The first-order chi connectivity index (χ1) is 13.9. The molecule has 2 heterocycles. The molecule has 1 aromatic carbocycles. The van der Waals surface area contributed by atoms with Crippen LogP contribution in [0.25, 0.3) is 0 Å². The van der Waals surface area contributed by atoms with Crippen LogP contribution < -0.4 is 5.63 Å². The van der Waals surface area contributed by atoms with Gasteiger partial charge in [-0.2, -0.15) is 0 Å². The third-order valence-corrected chi connectivity index (χ3v) is 6.29. The normalized spacial score (nSPS) is 22.2. The number of benzene rings is 1. The fraction of sp³-hybridized carbons (Fsp3) is 0.480. The fourth-order valence-corrected chi connectivity index (χ4v) is 4.44. The van der Waals surface area contributed by atoms with Crippen molar-refractivity contribution < 1.29 is 14.3 Å². The molecule has 1 N–H and O–H groups in total. The number of rotatable bonds is 7. The molecule has 2 aromatic rings. The van der Waals surface area contributed by atoms with Crippen LogP contribution in [0.1, 0.15) is 74.3 Å². The van der Waals surface area contributed by atoms with Gasteiger partial charge in [0.1, 0.15) is 22.7 Å². The molecule has 1 aliphatic heterocycles. The molecule has 1 aliphatic carbocycles. The maximum absolute atomic E-state index is 13.0. The molecule has 0 amide bonds. The van der Waals surface area contributed by atoms with Crippen LogP contribution in [0, 0.1) is 12.8 Å². The number of ether oxygens (including phenoxy) is 1. The topological polar surface area (TPSA) is 59.7 Å². The second kappa shape index (κ2) is 7.74. The van der Waals surface area contributed by atoms with E-state index in [1.807, 2.05) is 13.0 Å². The van der Waals surface area contributed by atoms with Gasteiger partial charge in [0, 0.05) is 18.4 Å². The Balaban J connectivity index is 1.65. The van der Waals surface area contributed by atoms with Crippen LogP contribution in [-0.4, -0.2) is 5.11 Å². The van der Waals surface area contributed by atoms with Gasteiger partial charge < -0.3 is 14.3 Å². The first kappa shape index (κ1) is 19.8. The maximum atomic E-state index is 13.0. The van der Waals surface area contributed by atoms with Crippen LogP contribution >= 0.6 is 0 Å². The van der Waals surface area contributed by atoms with Crippen LogP contribution in [0.5, 0.6) is 5.75 Å². The monoisotopic (exact) mass is 394 g/mol. The molecule has 0 spiro atoms. The lowest BCUT2D eigenvalue weighted by Gasteiger charge is -2.30. The van der Waals surface area contributed by atoms with Gasteiger partial charge in [0.2, 0.25) is 0 Å². The smallest absolute Gasteiger partial charge is 0.347 e. The molecule has 0 bridgehead atoms. The van der Waals surface area contributed by atoms with Crippen molar-refractivity contribution in [3.63, 3.8) is 0 Å². The van der Waals surface area contributed by atoms with Crippen molar-refractivity contribution in [1.82, 2.24) is 0 Å². The summed E-state index contributed by atoms with van der Waals surface area (Å²) in [4.78, 5) is 13.0. The first-order valence-corrected chi connectivity index (χ1v) is 10.7. The van der Waals surface area contributed by atoms with Gasteiger partial charge >= 0.3 is 5.63 Å². The van der Waals surface area contributed by atoms with E-state index in [2.05, 4.69) is 38.1 Å². The zero-order valence-electron chi connectivity index (χ0n) is 17.5. The van der Waals surface area contributed by atoms with E-state index in [0.29, 0.717) is 18.1 Å². The SMILES string of the molecule is CCC(Cc1ccc(C)cc1)c1cc(O)c(C2(CC3CC3)CC=C(C)O2)c(=O)o1. The van der Waals surface area contributed by atoms with Gasteiger partial charge in [-0.3, -0.25) is 0 Å². The molecule has 4 heteroatoms. The van der Waals surface area contributed by atoms with Gasteiger partial charge in [0.05, 0.1) is 5.76 Å². The van der Waals surface area contributed by atoms with E-state index in [4.69, 9.17) is 9.15 Å². The number of hydrogen-bond donors (Lipinski definition) is 1. The Morgan fingerprint density at radius 1 is 1.21 bits per heavy atom. The van der Waals surface area contributed by atoms with Crippen molar-refractivity contribution in [2.75, 3.05) is 0 Å². The summed E-state index contributed by atoms with van der Waals surface area (Å²) >= 11 is 0. The lowest BCUT2D eigenvalue weighted by atomic mass is 9.85. The summed E-state index contributed by atoms with van der Waals surface area (Å²) in [6.45, 7) is 6.04. The Bertz CT molecular complexity index is 965. The van der Waals surface area contributed by atoms with E-state index >= 15 is 0 Å². The molecule has 4 nitrogen and oxygen atoms in total. The molecular weight excluding hydrogens is 364 g/mol. The van der Waals surface area contributed by atoms with Crippen LogP contribution in [0.2, 0.25) is 0 Å². The minimum Gasteiger partial charge on any atom is -0.507 e. The zero-order valence-corrected chi connectivity index (χ0v) is 17.5. The number of aryl methyl sites for hydroxylation is 1. The highest BCUT2D eigenvalue weighted by molar-refractivity contribution is 5.38. The van der Waals surface area contributed by atoms with Gasteiger partial charge in [-0.15, -0.1) is 0 Å². The molecule has 29 heavy (non-hydrogen) atoms. The lowest BCUT2D eigenvalue weighted by Crippen LogP contribution is -2.32. The average molecular weight is 395 g/mol. The molecule has 1 aromatic heterocycles. The summed E-state index contributed by atoms with van der Waals surface area (Å²) in [6, 6.07) is 10.0. The maximum Gasteiger partial charge on any atom is 0.347 e. The molecule has 1 fully saturated rings. The third-order valence-electron chi connectivity index (χ3n) is 6.29. The standard InChI is InChI=1S/C25H30O4/c1-4-20(13-18-7-5-16(2)6-8-18)22-14-21(26)23(24(27)28-22)25(15-19-9-10-19)12-11-17(3)29-25/h5-8,11,14,19-20,26H,4,9-10,12-13,15H2,1-3H3. The van der Waals surface area contributed by atoms with Crippen molar-refractivity contribution in [3.8, 4) is 5.75 Å². The van der Waals surface area contributed by atoms with Crippen LogP contribution in [0.15, 0.2) is 51.4 Å². The highest BCUT2D eigenvalue weighted by Gasteiger charge is 2.46. The minimum absolute atomic E-state index is 0.00218. The molecular formula is C25H30O4. The Morgan fingerprint density at radius 3 is 2.48 bits per heavy atom. The van der Waals surface area contributed by atoms with Crippen LogP contribution in [0.3, 0.4) is 0 Å². The van der Waals surface area contributed by atoms with E-state index in [1.165, 1.54) is 11.1 Å². The van der Waals surface area contributed by atoms with Crippen molar-refractivity contribution >= 4 is 0 Å². The Morgan fingerprint density at radius 2 is 1.93 bits per heavy atom. The Hall–Kier alpha value is -2.49. The van der Waals surface area contributed by atoms with E-state index in [0.717, 1.165) is 37.9 Å². The predicted molar refractivity (Wildman–Crippen MR) is 113 cm³/mol. The highest BCUT2D eigenvalue weighted by Crippen LogP contribution is 2.49. The minimum atomic E-state index is -0.785. The average Bonchev–Trinajstić information content (AvgIpc) is 3.41. The molecule has 4 rings (SSSR count). The van der Waals surface area contributed by atoms with Gasteiger partial charge in [-0.05, 0) is 50.7 Å². The summed E-state index contributed by atoms with van der Waals surface area (Å²) in [5, 5.41) is 10.9. The Kier molecular flexibility index (Phi) is 5.28. The third kappa shape index (κ3) is 4.12. The van der Waals surface area contributed by atoms with E-state index in [9.17, 15) is 9.90 Å². The van der Waals surface area contributed by atoms with Crippen molar-refractivity contribution in [2.45, 2.75) is 70.8 Å². The van der Waals surface area contributed by atoms with E-state index < -0.39 is 11.2 Å². The summed E-state index contributed by atoms with van der Waals surface area (Å²) in [7, 11) is 0. The summed E-state index contributed by atoms with van der Waals surface area (Å²) in [6.07, 6.45) is 7.25. The molecule has 2 atom stereocenters. The van der Waals surface area contributed by atoms with Crippen molar-refractivity contribution in [1.29, 1.82) is 0 Å². The second-order valence-electron chi connectivity index (χ2n) is 8.75. The van der Waals surface area contributed by atoms with Crippen LogP contribution in [0.4, 0.5) is 0 Å². The van der Waals surface area contributed by atoms with Crippen LogP contribution in [-0.2, 0) is 16.8 Å². The molecule has 1 saturated carbocycles. The zero-order chi connectivity index (χ0) is 20.6. The molecule has 2 aliphatic rings. The first-order valence-electron chi connectivity index (χ1n) is 10.7. The lowest BCUT2D eigenvalue weighted by molar-refractivity contribution is 0.00456. The Labute approximate surface area is 172 Å². The molecule has 2 unspecified atom stereocenters.